The Bertz CT molecular complexity index is 257. The molecular formula is C8H12ClN3S. The molecule has 0 fully saturated rings. The van der Waals surface area contributed by atoms with Gasteiger partial charge in [0.2, 0.25) is 0 Å². The van der Waals surface area contributed by atoms with Crippen LogP contribution < -0.4 is 5.32 Å². The van der Waals surface area contributed by atoms with Gasteiger partial charge in [-0.1, -0.05) is 11.6 Å². The first kappa shape index (κ1) is 10.6. The lowest BCUT2D eigenvalue weighted by molar-refractivity contribution is 0.977. The number of thioether (sulfide) groups is 1. The van der Waals surface area contributed by atoms with Gasteiger partial charge in [0.25, 0.3) is 0 Å². The van der Waals surface area contributed by atoms with Crippen LogP contribution in [0.15, 0.2) is 12.4 Å². The summed E-state index contributed by atoms with van der Waals surface area (Å²) in [5.74, 6) is 1.90. The van der Waals surface area contributed by atoms with Crippen molar-refractivity contribution in [1.29, 1.82) is 0 Å². The van der Waals surface area contributed by atoms with Crippen LogP contribution in [-0.2, 0) is 0 Å². The molecule has 0 amide bonds. The monoisotopic (exact) mass is 217 g/mol. The minimum atomic E-state index is 0.426. The van der Waals surface area contributed by atoms with Crippen molar-refractivity contribution in [2.45, 2.75) is 6.42 Å². The summed E-state index contributed by atoms with van der Waals surface area (Å²) < 4.78 is 0. The fourth-order valence-electron chi connectivity index (χ4n) is 0.860. The average Bonchev–Trinajstić information content (AvgIpc) is 2.13. The zero-order valence-electron chi connectivity index (χ0n) is 7.46. The smallest absolute Gasteiger partial charge is 0.149 e. The van der Waals surface area contributed by atoms with Crippen LogP contribution in [0.2, 0.25) is 5.15 Å². The molecule has 0 spiro atoms. The van der Waals surface area contributed by atoms with E-state index >= 15 is 0 Å². The average molecular weight is 218 g/mol. The number of hydrogen-bond donors (Lipinski definition) is 1. The standard InChI is InChI=1S/C8H12ClN3S/c1-13-4-2-3-11-8-6-10-5-7(9)12-8/h5-6H,2-4H2,1H3,(H,11,12). The highest BCUT2D eigenvalue weighted by atomic mass is 35.5. The summed E-state index contributed by atoms with van der Waals surface area (Å²) >= 11 is 7.51. The number of halogens is 1. The highest BCUT2D eigenvalue weighted by Gasteiger charge is 1.94. The van der Waals surface area contributed by atoms with Crippen LogP contribution >= 0.6 is 23.4 Å². The van der Waals surface area contributed by atoms with Crippen LogP contribution in [0.25, 0.3) is 0 Å². The molecule has 0 aromatic carbocycles. The van der Waals surface area contributed by atoms with Gasteiger partial charge in [-0.05, 0) is 18.4 Å². The number of nitrogens with one attached hydrogen (secondary N) is 1. The molecule has 1 aromatic heterocycles. The lowest BCUT2D eigenvalue weighted by Crippen LogP contribution is -2.04. The molecule has 1 rings (SSSR count). The van der Waals surface area contributed by atoms with E-state index in [-0.39, 0.29) is 0 Å². The Labute approximate surface area is 87.3 Å². The predicted molar refractivity (Wildman–Crippen MR) is 58.5 cm³/mol. The SMILES string of the molecule is CSCCCNc1cncc(Cl)n1. The Balaban J connectivity index is 2.28. The topological polar surface area (TPSA) is 37.8 Å². The second-order valence-electron chi connectivity index (χ2n) is 2.50. The summed E-state index contributed by atoms with van der Waals surface area (Å²) in [6, 6.07) is 0. The maximum Gasteiger partial charge on any atom is 0.149 e. The third kappa shape index (κ3) is 4.33. The molecule has 1 N–H and O–H groups in total. The maximum absolute atomic E-state index is 5.67. The van der Waals surface area contributed by atoms with E-state index in [9.17, 15) is 0 Å². The van der Waals surface area contributed by atoms with Crippen LogP contribution in [0.5, 0.6) is 0 Å². The van der Waals surface area contributed by atoms with E-state index in [1.807, 2.05) is 11.8 Å². The Hall–Kier alpha value is -0.480. The van der Waals surface area contributed by atoms with Crippen LogP contribution in [0.3, 0.4) is 0 Å². The Morgan fingerprint density at radius 1 is 1.54 bits per heavy atom. The van der Waals surface area contributed by atoms with Gasteiger partial charge in [0.1, 0.15) is 11.0 Å². The van der Waals surface area contributed by atoms with E-state index in [2.05, 4.69) is 21.5 Å². The third-order valence-electron chi connectivity index (χ3n) is 1.44. The van der Waals surface area contributed by atoms with Crippen molar-refractivity contribution in [1.82, 2.24) is 9.97 Å². The maximum atomic E-state index is 5.67. The Morgan fingerprint density at radius 3 is 3.08 bits per heavy atom. The van der Waals surface area contributed by atoms with Crippen LogP contribution in [0.4, 0.5) is 5.82 Å². The number of rotatable bonds is 5. The highest BCUT2D eigenvalue weighted by Crippen LogP contribution is 2.06. The zero-order chi connectivity index (χ0) is 9.52. The number of hydrogen-bond acceptors (Lipinski definition) is 4. The molecule has 0 atom stereocenters. The molecule has 5 heteroatoms. The van der Waals surface area contributed by atoms with Gasteiger partial charge in [0.05, 0.1) is 12.4 Å². The van der Waals surface area contributed by atoms with Crippen molar-refractivity contribution >= 4 is 29.2 Å². The van der Waals surface area contributed by atoms with E-state index in [1.165, 1.54) is 6.20 Å². The van der Waals surface area contributed by atoms with Crippen molar-refractivity contribution in [2.24, 2.45) is 0 Å². The van der Waals surface area contributed by atoms with E-state index in [0.29, 0.717) is 5.15 Å². The van der Waals surface area contributed by atoms with Crippen molar-refractivity contribution in [2.75, 3.05) is 23.9 Å². The zero-order valence-corrected chi connectivity index (χ0v) is 9.03. The lowest BCUT2D eigenvalue weighted by atomic mass is 10.5. The van der Waals surface area contributed by atoms with E-state index in [0.717, 1.165) is 24.5 Å². The first-order valence-corrected chi connectivity index (χ1v) is 5.80. The molecule has 0 radical (unpaired) electrons. The summed E-state index contributed by atoms with van der Waals surface area (Å²) in [4.78, 5) is 7.98. The van der Waals surface area contributed by atoms with Crippen LogP contribution in [-0.4, -0.2) is 28.5 Å². The van der Waals surface area contributed by atoms with Gasteiger partial charge in [-0.2, -0.15) is 11.8 Å². The highest BCUT2D eigenvalue weighted by molar-refractivity contribution is 7.98. The molecular weight excluding hydrogens is 206 g/mol. The first-order valence-electron chi connectivity index (χ1n) is 4.03. The van der Waals surface area contributed by atoms with Crippen molar-refractivity contribution in [3.63, 3.8) is 0 Å². The molecule has 1 aromatic rings. The molecule has 0 aliphatic rings. The van der Waals surface area contributed by atoms with Gasteiger partial charge in [-0.3, -0.25) is 4.98 Å². The quantitative estimate of drug-likeness (QED) is 0.769. The molecule has 0 aliphatic heterocycles. The van der Waals surface area contributed by atoms with Crippen molar-refractivity contribution in [3.8, 4) is 0 Å². The molecule has 0 aliphatic carbocycles. The normalized spacial score (nSPS) is 10.0. The number of aromatic nitrogens is 2. The van der Waals surface area contributed by atoms with Crippen LogP contribution in [0.1, 0.15) is 6.42 Å². The molecule has 0 saturated carbocycles. The van der Waals surface area contributed by atoms with Crippen molar-refractivity contribution < 1.29 is 0 Å². The molecule has 0 bridgehead atoms. The fourth-order valence-corrected chi connectivity index (χ4v) is 1.44. The summed E-state index contributed by atoms with van der Waals surface area (Å²) in [5.41, 5.74) is 0. The number of anilines is 1. The second kappa shape index (κ2) is 6.05. The number of nitrogens with zero attached hydrogens (tertiary/aromatic N) is 2. The van der Waals surface area contributed by atoms with Gasteiger partial charge in [-0.15, -0.1) is 0 Å². The Kier molecular flexibility index (Phi) is 4.93. The van der Waals surface area contributed by atoms with Gasteiger partial charge < -0.3 is 5.32 Å². The van der Waals surface area contributed by atoms with E-state index < -0.39 is 0 Å². The summed E-state index contributed by atoms with van der Waals surface area (Å²) in [6.45, 7) is 0.913. The fraction of sp³-hybridized carbons (Fsp3) is 0.500. The Morgan fingerprint density at radius 2 is 2.38 bits per heavy atom. The lowest BCUT2D eigenvalue weighted by Gasteiger charge is -2.03. The van der Waals surface area contributed by atoms with Crippen LogP contribution in [0, 0.1) is 0 Å². The second-order valence-corrected chi connectivity index (χ2v) is 3.87. The van der Waals surface area contributed by atoms with Crippen molar-refractivity contribution in [3.05, 3.63) is 17.5 Å². The first-order chi connectivity index (χ1) is 6.33. The third-order valence-corrected chi connectivity index (χ3v) is 2.32. The summed E-state index contributed by atoms with van der Waals surface area (Å²) in [7, 11) is 0. The minimum absolute atomic E-state index is 0.426. The van der Waals surface area contributed by atoms with Gasteiger partial charge in [0.15, 0.2) is 0 Å². The van der Waals surface area contributed by atoms with E-state index in [4.69, 9.17) is 11.6 Å². The van der Waals surface area contributed by atoms with Gasteiger partial charge >= 0.3 is 0 Å². The molecule has 0 saturated heterocycles. The molecule has 13 heavy (non-hydrogen) atoms. The minimum Gasteiger partial charge on any atom is -0.369 e. The van der Waals surface area contributed by atoms with Gasteiger partial charge in [-0.25, -0.2) is 4.98 Å². The summed E-state index contributed by atoms with van der Waals surface area (Å²) in [5, 5.41) is 3.57. The predicted octanol–water partition coefficient (Wildman–Crippen LogP) is 2.29. The van der Waals surface area contributed by atoms with E-state index in [1.54, 1.807) is 6.20 Å². The molecule has 3 nitrogen and oxygen atoms in total. The molecule has 0 unspecified atom stereocenters. The molecule has 1 heterocycles. The molecule has 72 valence electrons. The van der Waals surface area contributed by atoms with Gasteiger partial charge in [0, 0.05) is 6.54 Å². The summed E-state index contributed by atoms with van der Waals surface area (Å²) in [6.07, 6.45) is 6.41. The largest absolute Gasteiger partial charge is 0.369 e.